The van der Waals surface area contributed by atoms with Gasteiger partial charge in [-0.2, -0.15) is 0 Å². The lowest BCUT2D eigenvalue weighted by atomic mass is 10.1. The van der Waals surface area contributed by atoms with Gasteiger partial charge in [-0.05, 0) is 39.2 Å². The molecule has 0 unspecified atom stereocenters. The summed E-state index contributed by atoms with van der Waals surface area (Å²) in [6.45, 7) is 0.447. The first-order chi connectivity index (χ1) is 9.50. The molecule has 4 nitrogen and oxygen atoms in total. The van der Waals surface area contributed by atoms with Crippen molar-refractivity contribution < 1.29 is 8.42 Å². The van der Waals surface area contributed by atoms with Crippen LogP contribution in [0.15, 0.2) is 53.0 Å². The van der Waals surface area contributed by atoms with Crippen molar-refractivity contribution in [3.8, 4) is 0 Å². The lowest BCUT2D eigenvalue weighted by molar-refractivity contribution is 0.600. The molecule has 2 aromatic rings. The minimum Gasteiger partial charge on any atom is -0.326 e. The summed E-state index contributed by atoms with van der Waals surface area (Å²) >= 11 is 3.31. The zero-order valence-electron chi connectivity index (χ0n) is 10.7. The Hall–Kier alpha value is -1.37. The largest absolute Gasteiger partial charge is 0.326 e. The maximum atomic E-state index is 12.1. The number of benzene rings is 2. The minimum atomic E-state index is -3.44. The Morgan fingerprint density at radius 2 is 1.60 bits per heavy atom. The summed E-state index contributed by atoms with van der Waals surface area (Å²) in [5, 5.41) is 0. The van der Waals surface area contributed by atoms with Crippen LogP contribution in [0.25, 0.3) is 0 Å². The van der Waals surface area contributed by atoms with Crippen molar-refractivity contribution >= 4 is 31.6 Å². The summed E-state index contributed by atoms with van der Waals surface area (Å²) in [5.74, 6) is -0.0703. The van der Waals surface area contributed by atoms with E-state index in [0.717, 1.165) is 11.1 Å². The van der Waals surface area contributed by atoms with Gasteiger partial charge in [0.15, 0.2) is 0 Å². The molecule has 0 atom stereocenters. The van der Waals surface area contributed by atoms with Crippen LogP contribution in [0.3, 0.4) is 0 Å². The van der Waals surface area contributed by atoms with E-state index in [1.165, 1.54) is 0 Å². The summed E-state index contributed by atoms with van der Waals surface area (Å²) in [6.07, 6.45) is 0. The number of anilines is 1. The van der Waals surface area contributed by atoms with Gasteiger partial charge in [0.1, 0.15) is 0 Å². The van der Waals surface area contributed by atoms with Crippen LogP contribution >= 0.6 is 15.9 Å². The number of hydrogen-bond acceptors (Lipinski definition) is 3. The van der Waals surface area contributed by atoms with Crippen LogP contribution in [-0.4, -0.2) is 8.42 Å². The molecule has 0 radical (unpaired) electrons. The third kappa shape index (κ3) is 4.06. The number of hydrogen-bond donors (Lipinski definition) is 2. The highest BCUT2D eigenvalue weighted by Crippen LogP contribution is 2.23. The number of nitrogens with two attached hydrogens (primary N) is 1. The molecule has 2 aromatic carbocycles. The lowest BCUT2D eigenvalue weighted by Crippen LogP contribution is -2.15. The highest BCUT2D eigenvalue weighted by molar-refractivity contribution is 9.10. The molecule has 106 valence electrons. The summed E-state index contributed by atoms with van der Waals surface area (Å²) in [5.41, 5.74) is 7.74. The first kappa shape index (κ1) is 15.0. The molecule has 0 aliphatic carbocycles. The van der Waals surface area contributed by atoms with E-state index >= 15 is 0 Å². The number of para-hydroxylation sites is 1. The Kier molecular flexibility index (Phi) is 4.80. The minimum absolute atomic E-state index is 0.0703. The first-order valence-corrected chi connectivity index (χ1v) is 8.47. The van der Waals surface area contributed by atoms with Crippen LogP contribution in [0.5, 0.6) is 0 Å². The molecular formula is C14H15BrN2O2S. The molecule has 6 heteroatoms. The van der Waals surface area contributed by atoms with Crippen LogP contribution in [0.4, 0.5) is 5.69 Å². The average molecular weight is 355 g/mol. The second-order valence-electron chi connectivity index (χ2n) is 4.36. The van der Waals surface area contributed by atoms with Gasteiger partial charge in [0.05, 0.1) is 11.4 Å². The van der Waals surface area contributed by atoms with Crippen LogP contribution in [0, 0.1) is 0 Å². The summed E-state index contributed by atoms with van der Waals surface area (Å²) in [4.78, 5) is 0. The number of sulfonamides is 1. The smallest absolute Gasteiger partial charge is 0.236 e. The zero-order chi connectivity index (χ0) is 14.6. The van der Waals surface area contributed by atoms with Crippen molar-refractivity contribution in [2.24, 2.45) is 5.73 Å². The number of halogens is 1. The van der Waals surface area contributed by atoms with Gasteiger partial charge in [0.25, 0.3) is 0 Å². The molecule has 3 N–H and O–H groups in total. The predicted molar refractivity (Wildman–Crippen MR) is 84.7 cm³/mol. The van der Waals surface area contributed by atoms with Gasteiger partial charge in [-0.3, -0.25) is 4.72 Å². The van der Waals surface area contributed by atoms with Crippen molar-refractivity contribution in [2.75, 3.05) is 4.72 Å². The molecule has 0 aromatic heterocycles. The number of rotatable bonds is 5. The monoisotopic (exact) mass is 354 g/mol. The van der Waals surface area contributed by atoms with Gasteiger partial charge in [0.2, 0.25) is 10.0 Å². The highest BCUT2D eigenvalue weighted by Gasteiger charge is 2.13. The first-order valence-electron chi connectivity index (χ1n) is 6.03. The zero-order valence-corrected chi connectivity index (χ0v) is 13.1. The van der Waals surface area contributed by atoms with Crippen molar-refractivity contribution in [3.05, 3.63) is 64.1 Å². The van der Waals surface area contributed by atoms with E-state index in [4.69, 9.17) is 5.73 Å². The fourth-order valence-corrected chi connectivity index (χ4v) is 3.47. The van der Waals surface area contributed by atoms with Crippen molar-refractivity contribution in [1.29, 1.82) is 0 Å². The lowest BCUT2D eigenvalue weighted by Gasteiger charge is -2.10. The van der Waals surface area contributed by atoms with Gasteiger partial charge in [-0.25, -0.2) is 8.42 Å². The SMILES string of the molecule is NCc1ccc(CS(=O)(=O)Nc2ccccc2Br)cc1. The summed E-state index contributed by atoms with van der Waals surface area (Å²) in [6, 6.07) is 14.3. The molecule has 20 heavy (non-hydrogen) atoms. The second kappa shape index (κ2) is 6.39. The Morgan fingerprint density at radius 3 is 2.20 bits per heavy atom. The van der Waals surface area contributed by atoms with Crippen LogP contribution in [0.1, 0.15) is 11.1 Å². The van der Waals surface area contributed by atoms with Crippen LogP contribution in [-0.2, 0) is 22.3 Å². The molecule has 0 heterocycles. The Labute approximate surface area is 127 Å². The second-order valence-corrected chi connectivity index (χ2v) is 6.94. The third-order valence-corrected chi connectivity index (χ3v) is 4.69. The number of nitrogens with one attached hydrogen (secondary N) is 1. The highest BCUT2D eigenvalue weighted by atomic mass is 79.9. The molecule has 0 amide bonds. The fraction of sp³-hybridized carbons (Fsp3) is 0.143. The molecule has 0 fully saturated rings. The maximum Gasteiger partial charge on any atom is 0.236 e. The van der Waals surface area contributed by atoms with Crippen molar-refractivity contribution in [3.63, 3.8) is 0 Å². The molecular weight excluding hydrogens is 340 g/mol. The average Bonchev–Trinajstić information content (AvgIpc) is 2.41. The summed E-state index contributed by atoms with van der Waals surface area (Å²) < 4.78 is 27.5. The Morgan fingerprint density at radius 1 is 1.00 bits per heavy atom. The van der Waals surface area contributed by atoms with E-state index in [1.54, 1.807) is 30.3 Å². The molecule has 0 aliphatic heterocycles. The van der Waals surface area contributed by atoms with E-state index in [0.29, 0.717) is 16.7 Å². The van der Waals surface area contributed by atoms with Gasteiger partial charge >= 0.3 is 0 Å². The van der Waals surface area contributed by atoms with E-state index in [1.807, 2.05) is 18.2 Å². The van der Waals surface area contributed by atoms with Gasteiger partial charge in [-0.1, -0.05) is 36.4 Å². The molecule has 0 bridgehead atoms. The predicted octanol–water partition coefficient (Wildman–Crippen LogP) is 2.85. The van der Waals surface area contributed by atoms with E-state index in [2.05, 4.69) is 20.7 Å². The van der Waals surface area contributed by atoms with Gasteiger partial charge in [0, 0.05) is 11.0 Å². The van der Waals surface area contributed by atoms with E-state index < -0.39 is 10.0 Å². The van der Waals surface area contributed by atoms with Crippen LogP contribution in [0.2, 0.25) is 0 Å². The maximum absolute atomic E-state index is 12.1. The standard InChI is InChI=1S/C14H15BrN2O2S/c15-13-3-1-2-4-14(13)17-20(18,19)10-12-7-5-11(9-16)6-8-12/h1-8,17H,9-10,16H2. The molecule has 2 rings (SSSR count). The quantitative estimate of drug-likeness (QED) is 0.866. The van der Waals surface area contributed by atoms with Crippen LogP contribution < -0.4 is 10.5 Å². The van der Waals surface area contributed by atoms with Crippen molar-refractivity contribution in [2.45, 2.75) is 12.3 Å². The van der Waals surface area contributed by atoms with Gasteiger partial charge in [-0.15, -0.1) is 0 Å². The fourth-order valence-electron chi connectivity index (χ4n) is 1.74. The molecule has 0 saturated heterocycles. The molecule has 0 aliphatic rings. The van der Waals surface area contributed by atoms with E-state index in [9.17, 15) is 8.42 Å². The summed E-state index contributed by atoms with van der Waals surface area (Å²) in [7, 11) is -3.44. The normalized spacial score (nSPS) is 11.3. The topological polar surface area (TPSA) is 72.2 Å². The third-order valence-electron chi connectivity index (χ3n) is 2.75. The van der Waals surface area contributed by atoms with Crippen molar-refractivity contribution in [1.82, 2.24) is 0 Å². The molecule has 0 saturated carbocycles. The Bertz CT molecular complexity index is 685. The molecule has 0 spiro atoms. The van der Waals surface area contributed by atoms with E-state index in [-0.39, 0.29) is 5.75 Å². The Balaban J connectivity index is 2.13. The van der Waals surface area contributed by atoms with Gasteiger partial charge < -0.3 is 5.73 Å².